The van der Waals surface area contributed by atoms with Crippen molar-refractivity contribution in [2.24, 2.45) is 5.92 Å². The van der Waals surface area contributed by atoms with Gasteiger partial charge in [-0.25, -0.2) is 4.79 Å². The van der Waals surface area contributed by atoms with Gasteiger partial charge in [0.25, 0.3) is 0 Å². The quantitative estimate of drug-likeness (QED) is 0.589. The first kappa shape index (κ1) is 19.1. The summed E-state index contributed by atoms with van der Waals surface area (Å²) in [5.74, 6) is -0.146. The molecule has 1 aromatic rings. The normalized spacial score (nSPS) is 10.3. The average molecular weight is 336 g/mol. The van der Waals surface area contributed by atoms with Gasteiger partial charge in [-0.15, -0.1) is 0 Å². The first-order valence-electron chi connectivity index (χ1n) is 7.80. The number of unbranched alkanes of at least 4 members (excludes halogenated alkanes) is 1. The molecule has 0 aliphatic rings. The summed E-state index contributed by atoms with van der Waals surface area (Å²) in [6.07, 6.45) is 2.25. The Morgan fingerprint density at radius 1 is 1.22 bits per heavy atom. The first-order chi connectivity index (χ1) is 10.9. The van der Waals surface area contributed by atoms with E-state index in [4.69, 9.17) is 17.0 Å². The maximum atomic E-state index is 11.8. The molecule has 1 rings (SSSR count). The lowest BCUT2D eigenvalue weighted by Crippen LogP contribution is -2.33. The van der Waals surface area contributed by atoms with Gasteiger partial charge >= 0.3 is 5.97 Å². The molecule has 0 aromatic heterocycles. The van der Waals surface area contributed by atoms with Gasteiger partial charge in [0, 0.05) is 12.1 Å². The van der Waals surface area contributed by atoms with Crippen LogP contribution in [0.4, 0.5) is 5.69 Å². The van der Waals surface area contributed by atoms with Gasteiger partial charge in [-0.3, -0.25) is 4.79 Å². The molecule has 0 bridgehead atoms. The highest BCUT2D eigenvalue weighted by atomic mass is 32.1. The molecule has 0 unspecified atom stereocenters. The number of rotatable bonds is 7. The van der Waals surface area contributed by atoms with Crippen molar-refractivity contribution in [1.29, 1.82) is 0 Å². The molecule has 0 radical (unpaired) electrons. The molecular formula is C17H24N2O3S. The summed E-state index contributed by atoms with van der Waals surface area (Å²) in [5, 5.41) is 5.79. The van der Waals surface area contributed by atoms with Crippen molar-refractivity contribution in [2.45, 2.75) is 40.0 Å². The van der Waals surface area contributed by atoms with E-state index in [2.05, 4.69) is 10.6 Å². The number of carbonyl (C=O) groups excluding carboxylic acids is 2. The number of carbonyl (C=O) groups is 2. The van der Waals surface area contributed by atoms with E-state index in [-0.39, 0.29) is 17.0 Å². The van der Waals surface area contributed by atoms with Crippen LogP contribution in [0.25, 0.3) is 0 Å². The van der Waals surface area contributed by atoms with Crippen molar-refractivity contribution < 1.29 is 14.3 Å². The fourth-order valence-electron chi connectivity index (χ4n) is 1.70. The lowest BCUT2D eigenvalue weighted by Gasteiger charge is -2.10. The van der Waals surface area contributed by atoms with Crippen LogP contribution in [0.5, 0.6) is 0 Å². The van der Waals surface area contributed by atoms with Gasteiger partial charge in [0.2, 0.25) is 5.91 Å². The predicted molar refractivity (Wildman–Crippen MR) is 95.5 cm³/mol. The summed E-state index contributed by atoms with van der Waals surface area (Å²) in [7, 11) is 0. The van der Waals surface area contributed by atoms with Gasteiger partial charge in [-0.05, 0) is 48.8 Å². The van der Waals surface area contributed by atoms with Gasteiger partial charge in [0.1, 0.15) is 0 Å². The van der Waals surface area contributed by atoms with E-state index in [0.717, 1.165) is 12.8 Å². The molecule has 23 heavy (non-hydrogen) atoms. The molecule has 0 aliphatic carbocycles. The third-order valence-corrected chi connectivity index (χ3v) is 3.14. The highest BCUT2D eigenvalue weighted by molar-refractivity contribution is 7.80. The zero-order valence-corrected chi connectivity index (χ0v) is 14.7. The molecule has 0 saturated carbocycles. The third-order valence-electron chi connectivity index (χ3n) is 2.94. The lowest BCUT2D eigenvalue weighted by molar-refractivity contribution is -0.119. The Kier molecular flexibility index (Phi) is 8.26. The monoisotopic (exact) mass is 336 g/mol. The van der Waals surface area contributed by atoms with Crippen molar-refractivity contribution >= 4 is 34.9 Å². The van der Waals surface area contributed by atoms with Crippen molar-refractivity contribution in [3.63, 3.8) is 0 Å². The van der Waals surface area contributed by atoms with Crippen LogP contribution in [0.15, 0.2) is 24.3 Å². The number of anilines is 1. The summed E-state index contributed by atoms with van der Waals surface area (Å²) in [6.45, 7) is 6.39. The molecule has 1 amide bonds. The molecule has 0 spiro atoms. The van der Waals surface area contributed by atoms with Crippen LogP contribution >= 0.6 is 12.2 Å². The number of benzene rings is 1. The summed E-state index contributed by atoms with van der Waals surface area (Å²) >= 11 is 5.08. The number of hydrogen-bond acceptors (Lipinski definition) is 4. The fourth-order valence-corrected chi connectivity index (χ4v) is 1.94. The Labute approximate surface area is 142 Å². The molecule has 0 atom stereocenters. The average Bonchev–Trinajstić information content (AvgIpc) is 2.51. The van der Waals surface area contributed by atoms with E-state index < -0.39 is 0 Å². The molecule has 2 N–H and O–H groups in total. The van der Waals surface area contributed by atoms with E-state index in [1.807, 2.05) is 20.8 Å². The van der Waals surface area contributed by atoms with Crippen LogP contribution in [0.3, 0.4) is 0 Å². The number of esters is 1. The standard InChI is InChI=1S/C17H24N2O3S/c1-4-5-6-15(20)19-17(23)18-14-9-7-13(8-10-14)16(21)22-11-12(2)3/h7-10,12H,4-6,11H2,1-3H3,(H2,18,19,20,23). The number of hydrogen-bond donors (Lipinski definition) is 2. The van der Waals surface area contributed by atoms with Crippen LogP contribution < -0.4 is 10.6 Å². The van der Waals surface area contributed by atoms with Gasteiger partial charge in [0.05, 0.1) is 12.2 Å². The zero-order valence-electron chi connectivity index (χ0n) is 13.8. The summed E-state index contributed by atoms with van der Waals surface area (Å²) in [4.78, 5) is 23.4. The van der Waals surface area contributed by atoms with Crippen LogP contribution in [0.2, 0.25) is 0 Å². The third kappa shape index (κ3) is 7.74. The maximum Gasteiger partial charge on any atom is 0.338 e. The second-order valence-electron chi connectivity index (χ2n) is 5.68. The molecule has 0 aliphatic heterocycles. The minimum atomic E-state index is -0.347. The molecule has 0 heterocycles. The summed E-state index contributed by atoms with van der Waals surface area (Å²) in [6, 6.07) is 6.76. The smallest absolute Gasteiger partial charge is 0.338 e. The van der Waals surface area contributed by atoms with Crippen molar-refractivity contribution in [3.8, 4) is 0 Å². The highest BCUT2D eigenvalue weighted by Crippen LogP contribution is 2.11. The van der Waals surface area contributed by atoms with E-state index in [1.54, 1.807) is 24.3 Å². The highest BCUT2D eigenvalue weighted by Gasteiger charge is 2.09. The van der Waals surface area contributed by atoms with Crippen LogP contribution in [-0.4, -0.2) is 23.6 Å². The number of nitrogens with one attached hydrogen (secondary N) is 2. The first-order valence-corrected chi connectivity index (χ1v) is 8.21. The zero-order chi connectivity index (χ0) is 17.2. The van der Waals surface area contributed by atoms with E-state index in [9.17, 15) is 9.59 Å². The molecule has 0 fully saturated rings. The van der Waals surface area contributed by atoms with E-state index in [1.165, 1.54) is 0 Å². The SMILES string of the molecule is CCCCC(=O)NC(=S)Nc1ccc(C(=O)OCC(C)C)cc1. The van der Waals surface area contributed by atoms with Crippen molar-refractivity contribution in [3.05, 3.63) is 29.8 Å². The topological polar surface area (TPSA) is 67.4 Å². The van der Waals surface area contributed by atoms with E-state index >= 15 is 0 Å². The molecule has 6 heteroatoms. The Balaban J connectivity index is 2.48. The minimum Gasteiger partial charge on any atom is -0.462 e. The van der Waals surface area contributed by atoms with E-state index in [0.29, 0.717) is 30.2 Å². The van der Waals surface area contributed by atoms with Gasteiger partial charge in [-0.1, -0.05) is 27.2 Å². The van der Waals surface area contributed by atoms with Crippen LogP contribution in [0.1, 0.15) is 50.4 Å². The summed E-state index contributed by atoms with van der Waals surface area (Å²) in [5.41, 5.74) is 1.18. The molecule has 0 saturated heterocycles. The minimum absolute atomic E-state index is 0.0989. The van der Waals surface area contributed by atoms with Gasteiger partial charge in [0.15, 0.2) is 5.11 Å². The second-order valence-corrected chi connectivity index (χ2v) is 6.08. The molecule has 5 nitrogen and oxygen atoms in total. The second kappa shape index (κ2) is 9.94. The van der Waals surface area contributed by atoms with Crippen molar-refractivity contribution in [2.75, 3.05) is 11.9 Å². The Bertz CT molecular complexity index is 541. The number of ether oxygens (including phenoxy) is 1. The molecule has 1 aromatic carbocycles. The van der Waals surface area contributed by atoms with Crippen molar-refractivity contribution in [1.82, 2.24) is 5.32 Å². The predicted octanol–water partition coefficient (Wildman–Crippen LogP) is 3.50. The summed E-state index contributed by atoms with van der Waals surface area (Å²) < 4.78 is 5.16. The van der Waals surface area contributed by atoms with Gasteiger partial charge < -0.3 is 15.4 Å². The van der Waals surface area contributed by atoms with Gasteiger partial charge in [-0.2, -0.15) is 0 Å². The van der Waals surface area contributed by atoms with Crippen LogP contribution in [-0.2, 0) is 9.53 Å². The molecule has 126 valence electrons. The molecular weight excluding hydrogens is 312 g/mol. The maximum absolute atomic E-state index is 11.8. The number of thiocarbonyl (C=S) groups is 1. The van der Waals surface area contributed by atoms with Crippen LogP contribution in [0, 0.1) is 5.92 Å². The fraction of sp³-hybridized carbons (Fsp3) is 0.471. The lowest BCUT2D eigenvalue weighted by atomic mass is 10.2. The Hall–Kier alpha value is -1.95. The Morgan fingerprint density at radius 2 is 1.87 bits per heavy atom. The Morgan fingerprint density at radius 3 is 2.43 bits per heavy atom. The largest absolute Gasteiger partial charge is 0.462 e. The number of amides is 1.